The zero-order valence-corrected chi connectivity index (χ0v) is 17.0. The van der Waals surface area contributed by atoms with Gasteiger partial charge in [0, 0.05) is 28.4 Å². The van der Waals surface area contributed by atoms with Crippen molar-refractivity contribution in [2.45, 2.75) is 13.5 Å². The molecule has 0 fully saturated rings. The Balaban J connectivity index is 1.58. The zero-order valence-electron chi connectivity index (χ0n) is 16.2. The van der Waals surface area contributed by atoms with E-state index in [-0.39, 0.29) is 17.7 Å². The largest absolute Gasteiger partial charge is 0.492 e. The fourth-order valence-corrected chi connectivity index (χ4v) is 3.23. The second-order valence-corrected chi connectivity index (χ2v) is 7.00. The van der Waals surface area contributed by atoms with Crippen LogP contribution < -0.4 is 20.6 Å². The molecule has 0 aliphatic rings. The summed E-state index contributed by atoms with van der Waals surface area (Å²) in [5.41, 5.74) is 7.87. The molecular weight excluding hydrogens is 404 g/mol. The van der Waals surface area contributed by atoms with Gasteiger partial charge in [0.2, 0.25) is 5.43 Å². The Hall–Kier alpha value is -3.58. The maximum Gasteiger partial charge on any atom is 0.206 e. The number of aromatic nitrogens is 3. The van der Waals surface area contributed by atoms with Crippen molar-refractivity contribution in [2.24, 2.45) is 0 Å². The van der Waals surface area contributed by atoms with Gasteiger partial charge in [-0.3, -0.25) is 9.78 Å². The van der Waals surface area contributed by atoms with Crippen LogP contribution in [-0.2, 0) is 6.61 Å². The molecule has 0 radical (unpaired) electrons. The van der Waals surface area contributed by atoms with E-state index in [9.17, 15) is 4.79 Å². The summed E-state index contributed by atoms with van der Waals surface area (Å²) in [5.74, 6) is 1.29. The van der Waals surface area contributed by atoms with E-state index in [0.717, 1.165) is 10.9 Å². The van der Waals surface area contributed by atoms with Crippen LogP contribution in [0.1, 0.15) is 12.6 Å². The summed E-state index contributed by atoms with van der Waals surface area (Å²) in [6, 6.07) is 13.9. The van der Waals surface area contributed by atoms with Crippen molar-refractivity contribution in [1.29, 1.82) is 0 Å². The van der Waals surface area contributed by atoms with Gasteiger partial charge in [-0.2, -0.15) is 5.10 Å². The lowest BCUT2D eigenvalue weighted by atomic mass is 10.2. The molecule has 2 N–H and O–H groups in total. The number of pyridine rings is 1. The topological polar surface area (TPSA) is 92.3 Å². The number of benzene rings is 2. The minimum absolute atomic E-state index is 0.0137. The van der Waals surface area contributed by atoms with Crippen molar-refractivity contribution in [3.05, 3.63) is 81.9 Å². The number of halogens is 1. The lowest BCUT2D eigenvalue weighted by Crippen LogP contribution is -2.18. The van der Waals surface area contributed by atoms with E-state index < -0.39 is 0 Å². The summed E-state index contributed by atoms with van der Waals surface area (Å²) >= 11 is 6.07. The Morgan fingerprint density at radius 2 is 1.90 bits per heavy atom. The highest BCUT2D eigenvalue weighted by molar-refractivity contribution is 6.31. The van der Waals surface area contributed by atoms with Crippen LogP contribution in [0.25, 0.3) is 16.6 Å². The van der Waals surface area contributed by atoms with Crippen LogP contribution in [0.2, 0.25) is 5.02 Å². The SMILES string of the molecule is CCOc1cnc2ccc(OCc3nn(-c4cc(N)cc(Cl)c4)ccc3=O)cc2c1. The summed E-state index contributed by atoms with van der Waals surface area (Å²) in [5, 5.41) is 5.74. The third-order valence-corrected chi connectivity index (χ3v) is 4.58. The van der Waals surface area contributed by atoms with Crippen molar-refractivity contribution in [3.63, 3.8) is 0 Å². The van der Waals surface area contributed by atoms with Crippen LogP contribution in [0, 0.1) is 0 Å². The first-order valence-corrected chi connectivity index (χ1v) is 9.70. The number of nitrogen functional groups attached to an aromatic ring is 1. The molecule has 30 heavy (non-hydrogen) atoms. The molecule has 0 aliphatic heterocycles. The number of ether oxygens (including phenoxy) is 2. The van der Waals surface area contributed by atoms with Gasteiger partial charge in [0.15, 0.2) is 0 Å². The first-order chi connectivity index (χ1) is 14.5. The Bertz CT molecular complexity index is 1250. The molecule has 2 aromatic heterocycles. The summed E-state index contributed by atoms with van der Waals surface area (Å²) in [6.45, 7) is 2.49. The first-order valence-electron chi connectivity index (χ1n) is 9.32. The van der Waals surface area contributed by atoms with Crippen molar-refractivity contribution in [1.82, 2.24) is 14.8 Å². The highest BCUT2D eigenvalue weighted by Crippen LogP contribution is 2.24. The summed E-state index contributed by atoms with van der Waals surface area (Å²) in [7, 11) is 0. The van der Waals surface area contributed by atoms with E-state index in [4.69, 9.17) is 26.8 Å². The summed E-state index contributed by atoms with van der Waals surface area (Å²) < 4.78 is 12.9. The van der Waals surface area contributed by atoms with Gasteiger partial charge in [-0.1, -0.05) is 11.6 Å². The molecule has 0 atom stereocenters. The Morgan fingerprint density at radius 3 is 2.70 bits per heavy atom. The molecule has 0 saturated heterocycles. The summed E-state index contributed by atoms with van der Waals surface area (Å²) in [4.78, 5) is 16.6. The molecular formula is C22H19ClN4O3. The average molecular weight is 423 g/mol. The van der Waals surface area contributed by atoms with Crippen LogP contribution in [-0.4, -0.2) is 21.4 Å². The van der Waals surface area contributed by atoms with Gasteiger partial charge in [0.1, 0.15) is 23.8 Å². The second-order valence-electron chi connectivity index (χ2n) is 6.56. The quantitative estimate of drug-likeness (QED) is 0.472. The number of nitrogens with zero attached hydrogens (tertiary/aromatic N) is 3. The highest BCUT2D eigenvalue weighted by Gasteiger charge is 2.08. The van der Waals surface area contributed by atoms with Crippen molar-refractivity contribution in [2.75, 3.05) is 12.3 Å². The van der Waals surface area contributed by atoms with E-state index in [1.165, 1.54) is 6.07 Å². The maximum absolute atomic E-state index is 12.3. The molecule has 0 aliphatic carbocycles. The number of hydrogen-bond acceptors (Lipinski definition) is 6. The third-order valence-electron chi connectivity index (χ3n) is 4.36. The Labute approximate surface area is 177 Å². The van der Waals surface area contributed by atoms with E-state index in [1.54, 1.807) is 41.3 Å². The van der Waals surface area contributed by atoms with E-state index >= 15 is 0 Å². The molecule has 7 nitrogen and oxygen atoms in total. The van der Waals surface area contributed by atoms with Gasteiger partial charge >= 0.3 is 0 Å². The Kier molecular flexibility index (Phi) is 5.54. The molecule has 0 amide bonds. The maximum atomic E-state index is 12.3. The number of anilines is 1. The Morgan fingerprint density at radius 1 is 1.07 bits per heavy atom. The normalized spacial score (nSPS) is 10.9. The number of nitrogens with two attached hydrogens (primary N) is 1. The van der Waals surface area contributed by atoms with Gasteiger partial charge in [0.25, 0.3) is 0 Å². The molecule has 0 unspecified atom stereocenters. The fourth-order valence-electron chi connectivity index (χ4n) is 3.00. The summed E-state index contributed by atoms with van der Waals surface area (Å²) in [6.07, 6.45) is 3.25. The predicted molar refractivity (Wildman–Crippen MR) is 117 cm³/mol. The van der Waals surface area contributed by atoms with Gasteiger partial charge in [0.05, 0.1) is 24.0 Å². The first kappa shape index (κ1) is 19.7. The smallest absolute Gasteiger partial charge is 0.206 e. The van der Waals surface area contributed by atoms with Crippen molar-refractivity contribution >= 4 is 28.2 Å². The third kappa shape index (κ3) is 4.36. The molecule has 152 valence electrons. The molecule has 2 aromatic carbocycles. The van der Waals surface area contributed by atoms with Crippen LogP contribution in [0.5, 0.6) is 11.5 Å². The highest BCUT2D eigenvalue weighted by atomic mass is 35.5. The molecule has 8 heteroatoms. The van der Waals surface area contributed by atoms with Gasteiger partial charge < -0.3 is 15.2 Å². The second kappa shape index (κ2) is 8.42. The molecule has 0 bridgehead atoms. The lowest BCUT2D eigenvalue weighted by molar-refractivity contribution is 0.298. The van der Waals surface area contributed by atoms with Crippen LogP contribution >= 0.6 is 11.6 Å². The predicted octanol–water partition coefficient (Wildman–Crippen LogP) is 3.99. The minimum Gasteiger partial charge on any atom is -0.492 e. The van der Waals surface area contributed by atoms with E-state index in [0.29, 0.717) is 34.5 Å². The fraction of sp³-hybridized carbons (Fsp3) is 0.136. The van der Waals surface area contributed by atoms with E-state index in [2.05, 4.69) is 10.1 Å². The minimum atomic E-state index is -0.220. The molecule has 0 saturated carbocycles. The number of fused-ring (bicyclic) bond motifs is 1. The van der Waals surface area contributed by atoms with Crippen LogP contribution in [0.3, 0.4) is 0 Å². The lowest BCUT2D eigenvalue weighted by Gasteiger charge is -2.10. The van der Waals surface area contributed by atoms with Crippen LogP contribution in [0.15, 0.2) is 65.7 Å². The van der Waals surface area contributed by atoms with Gasteiger partial charge in [-0.25, -0.2) is 4.68 Å². The molecule has 4 rings (SSSR count). The van der Waals surface area contributed by atoms with Crippen LogP contribution in [0.4, 0.5) is 5.69 Å². The van der Waals surface area contributed by atoms with Crippen molar-refractivity contribution in [3.8, 4) is 17.2 Å². The van der Waals surface area contributed by atoms with Gasteiger partial charge in [-0.15, -0.1) is 0 Å². The zero-order chi connectivity index (χ0) is 21.1. The monoisotopic (exact) mass is 422 g/mol. The molecule has 4 aromatic rings. The van der Waals surface area contributed by atoms with Gasteiger partial charge in [-0.05, 0) is 49.4 Å². The average Bonchev–Trinajstić information content (AvgIpc) is 2.72. The standard InChI is InChI=1S/C22H19ClN4O3/c1-2-29-19-8-14-7-18(3-4-20(14)25-12-19)30-13-21-22(28)5-6-27(26-21)17-10-15(23)9-16(24)11-17/h3-12H,2,13,24H2,1H3. The number of hydrogen-bond donors (Lipinski definition) is 1. The van der Waals surface area contributed by atoms with E-state index in [1.807, 2.05) is 25.1 Å². The molecule has 2 heterocycles. The van der Waals surface area contributed by atoms with Crippen molar-refractivity contribution < 1.29 is 9.47 Å². The molecule has 0 spiro atoms. The number of rotatable bonds is 6.